The zero-order valence-electron chi connectivity index (χ0n) is 10.5. The molecule has 0 amide bonds. The predicted octanol–water partition coefficient (Wildman–Crippen LogP) is 3.80. The van der Waals surface area contributed by atoms with Crippen molar-refractivity contribution >= 4 is 17.4 Å². The van der Waals surface area contributed by atoms with E-state index in [0.29, 0.717) is 17.8 Å². The van der Waals surface area contributed by atoms with E-state index in [4.69, 9.17) is 10.5 Å². The molecule has 0 fully saturated rings. The van der Waals surface area contributed by atoms with Crippen LogP contribution in [0.15, 0.2) is 23.1 Å². The van der Waals surface area contributed by atoms with E-state index in [9.17, 15) is 0 Å². The van der Waals surface area contributed by atoms with Crippen LogP contribution < -0.4 is 10.5 Å². The Kier molecular flexibility index (Phi) is 5.00. The van der Waals surface area contributed by atoms with E-state index >= 15 is 0 Å². The standard InChI is InChI=1S/C13H21NOS/c1-5-15-11-7-6-8-12(13(11)14)16-10(4)9(2)3/h6-10H,5,14H2,1-4H3. The monoisotopic (exact) mass is 239 g/mol. The van der Waals surface area contributed by atoms with Crippen molar-refractivity contribution in [2.75, 3.05) is 12.3 Å². The highest BCUT2D eigenvalue weighted by Crippen LogP contribution is 2.36. The first kappa shape index (κ1) is 13.2. The molecule has 0 saturated carbocycles. The molecular formula is C13H21NOS. The fourth-order valence-corrected chi connectivity index (χ4v) is 2.30. The Hall–Kier alpha value is -0.830. The van der Waals surface area contributed by atoms with Gasteiger partial charge in [-0.1, -0.05) is 26.8 Å². The number of rotatable bonds is 5. The van der Waals surface area contributed by atoms with Crippen molar-refractivity contribution in [2.45, 2.75) is 37.8 Å². The molecule has 0 heterocycles. The quantitative estimate of drug-likeness (QED) is 0.627. The molecule has 3 heteroatoms. The van der Waals surface area contributed by atoms with Crippen LogP contribution in [0.5, 0.6) is 5.75 Å². The molecule has 0 radical (unpaired) electrons. The molecule has 1 unspecified atom stereocenters. The van der Waals surface area contributed by atoms with Gasteiger partial charge in [-0.15, -0.1) is 11.8 Å². The van der Waals surface area contributed by atoms with E-state index < -0.39 is 0 Å². The summed E-state index contributed by atoms with van der Waals surface area (Å²) in [6.45, 7) is 9.29. The number of nitrogen functional groups attached to an aromatic ring is 1. The molecule has 90 valence electrons. The van der Waals surface area contributed by atoms with Gasteiger partial charge in [0, 0.05) is 10.1 Å². The van der Waals surface area contributed by atoms with Crippen molar-refractivity contribution in [1.29, 1.82) is 0 Å². The maximum absolute atomic E-state index is 6.07. The lowest BCUT2D eigenvalue weighted by atomic mass is 10.2. The highest BCUT2D eigenvalue weighted by atomic mass is 32.2. The Morgan fingerprint density at radius 2 is 2.00 bits per heavy atom. The molecule has 0 aliphatic rings. The lowest BCUT2D eigenvalue weighted by Gasteiger charge is -2.17. The van der Waals surface area contributed by atoms with Gasteiger partial charge in [0.15, 0.2) is 0 Å². The fraction of sp³-hybridized carbons (Fsp3) is 0.538. The van der Waals surface area contributed by atoms with Crippen molar-refractivity contribution in [3.8, 4) is 5.75 Å². The third kappa shape index (κ3) is 3.34. The summed E-state index contributed by atoms with van der Waals surface area (Å²) in [5.74, 6) is 1.43. The second kappa shape index (κ2) is 6.04. The summed E-state index contributed by atoms with van der Waals surface area (Å²) in [5.41, 5.74) is 6.84. The van der Waals surface area contributed by atoms with Gasteiger partial charge in [0.2, 0.25) is 0 Å². The van der Waals surface area contributed by atoms with Crippen molar-refractivity contribution < 1.29 is 4.74 Å². The van der Waals surface area contributed by atoms with Crippen LogP contribution in [0, 0.1) is 5.92 Å². The minimum Gasteiger partial charge on any atom is -0.492 e. The summed E-state index contributed by atoms with van der Waals surface area (Å²) < 4.78 is 5.48. The van der Waals surface area contributed by atoms with Crippen LogP contribution in [0.1, 0.15) is 27.7 Å². The van der Waals surface area contributed by atoms with E-state index in [-0.39, 0.29) is 0 Å². The number of anilines is 1. The summed E-state index contributed by atoms with van der Waals surface area (Å²) in [5, 5.41) is 0.555. The maximum Gasteiger partial charge on any atom is 0.143 e. The van der Waals surface area contributed by atoms with E-state index in [1.165, 1.54) is 0 Å². The first-order valence-electron chi connectivity index (χ1n) is 5.74. The minimum absolute atomic E-state index is 0.555. The lowest BCUT2D eigenvalue weighted by Crippen LogP contribution is -2.06. The summed E-state index contributed by atoms with van der Waals surface area (Å²) in [6, 6.07) is 5.97. The average Bonchev–Trinajstić information content (AvgIpc) is 2.24. The normalized spacial score (nSPS) is 12.8. The number of benzene rings is 1. The van der Waals surface area contributed by atoms with Gasteiger partial charge in [0.1, 0.15) is 5.75 Å². The Bertz CT molecular complexity index is 339. The van der Waals surface area contributed by atoms with Crippen molar-refractivity contribution in [1.82, 2.24) is 0 Å². The molecule has 1 rings (SSSR count). The van der Waals surface area contributed by atoms with Gasteiger partial charge in [0.05, 0.1) is 12.3 Å². The van der Waals surface area contributed by atoms with Crippen LogP contribution in [-0.2, 0) is 0 Å². The van der Waals surface area contributed by atoms with Gasteiger partial charge in [-0.2, -0.15) is 0 Å². The molecule has 0 spiro atoms. The number of para-hydroxylation sites is 1. The minimum atomic E-state index is 0.555. The number of hydrogen-bond donors (Lipinski definition) is 1. The van der Waals surface area contributed by atoms with Gasteiger partial charge in [-0.05, 0) is 25.0 Å². The van der Waals surface area contributed by atoms with Gasteiger partial charge in [-0.25, -0.2) is 0 Å². The fourth-order valence-electron chi connectivity index (χ4n) is 1.24. The van der Waals surface area contributed by atoms with Gasteiger partial charge in [0.25, 0.3) is 0 Å². The molecule has 0 aliphatic heterocycles. The number of hydrogen-bond acceptors (Lipinski definition) is 3. The Morgan fingerprint density at radius 1 is 1.31 bits per heavy atom. The predicted molar refractivity (Wildman–Crippen MR) is 72.2 cm³/mol. The molecule has 2 N–H and O–H groups in total. The molecule has 0 bridgehead atoms. The first-order valence-corrected chi connectivity index (χ1v) is 6.62. The number of nitrogens with two attached hydrogens (primary N) is 1. The van der Waals surface area contributed by atoms with Gasteiger partial charge < -0.3 is 10.5 Å². The van der Waals surface area contributed by atoms with E-state index in [1.54, 1.807) is 0 Å². The molecule has 1 aromatic carbocycles. The molecule has 16 heavy (non-hydrogen) atoms. The molecule has 0 saturated heterocycles. The van der Waals surface area contributed by atoms with Crippen LogP contribution in [0.25, 0.3) is 0 Å². The van der Waals surface area contributed by atoms with Crippen molar-refractivity contribution in [3.63, 3.8) is 0 Å². The maximum atomic E-state index is 6.07. The Morgan fingerprint density at radius 3 is 2.56 bits per heavy atom. The first-order chi connectivity index (χ1) is 7.56. The number of ether oxygens (including phenoxy) is 1. The highest BCUT2D eigenvalue weighted by Gasteiger charge is 2.12. The van der Waals surface area contributed by atoms with Crippen LogP contribution in [0.3, 0.4) is 0 Å². The summed E-state index contributed by atoms with van der Waals surface area (Å²) in [7, 11) is 0. The highest BCUT2D eigenvalue weighted by molar-refractivity contribution is 8.00. The zero-order chi connectivity index (χ0) is 12.1. The molecule has 2 nitrogen and oxygen atoms in total. The lowest BCUT2D eigenvalue weighted by molar-refractivity contribution is 0.341. The van der Waals surface area contributed by atoms with Crippen molar-refractivity contribution in [2.24, 2.45) is 5.92 Å². The second-order valence-electron chi connectivity index (χ2n) is 4.17. The van der Waals surface area contributed by atoms with Crippen LogP contribution in [0.4, 0.5) is 5.69 Å². The number of thioether (sulfide) groups is 1. The molecular weight excluding hydrogens is 218 g/mol. The van der Waals surface area contributed by atoms with Crippen LogP contribution in [0.2, 0.25) is 0 Å². The summed E-state index contributed by atoms with van der Waals surface area (Å²) >= 11 is 1.81. The van der Waals surface area contributed by atoms with E-state index in [1.807, 2.05) is 30.8 Å². The molecule has 1 atom stereocenters. The second-order valence-corrected chi connectivity index (χ2v) is 5.59. The summed E-state index contributed by atoms with van der Waals surface area (Å²) in [6.07, 6.45) is 0. The third-order valence-corrected chi connectivity index (χ3v) is 4.10. The average molecular weight is 239 g/mol. The largest absolute Gasteiger partial charge is 0.492 e. The van der Waals surface area contributed by atoms with E-state index in [0.717, 1.165) is 16.3 Å². The Labute approximate surface area is 103 Å². The zero-order valence-corrected chi connectivity index (χ0v) is 11.3. The van der Waals surface area contributed by atoms with Crippen LogP contribution in [-0.4, -0.2) is 11.9 Å². The molecule has 0 aliphatic carbocycles. The molecule has 1 aromatic rings. The third-order valence-electron chi connectivity index (χ3n) is 2.58. The SMILES string of the molecule is CCOc1cccc(SC(C)C(C)C)c1N. The smallest absolute Gasteiger partial charge is 0.143 e. The van der Waals surface area contributed by atoms with Gasteiger partial charge in [-0.3, -0.25) is 0 Å². The van der Waals surface area contributed by atoms with Crippen LogP contribution >= 0.6 is 11.8 Å². The van der Waals surface area contributed by atoms with Crippen molar-refractivity contribution in [3.05, 3.63) is 18.2 Å². The Balaban J connectivity index is 2.84. The topological polar surface area (TPSA) is 35.2 Å². The molecule has 0 aromatic heterocycles. The van der Waals surface area contributed by atoms with E-state index in [2.05, 4.69) is 26.8 Å². The van der Waals surface area contributed by atoms with Gasteiger partial charge >= 0.3 is 0 Å². The summed E-state index contributed by atoms with van der Waals surface area (Å²) in [4.78, 5) is 1.12.